The van der Waals surface area contributed by atoms with Crippen LogP contribution in [0.15, 0.2) is 23.8 Å². The topological polar surface area (TPSA) is 46.5 Å². The van der Waals surface area contributed by atoms with Gasteiger partial charge in [0.2, 0.25) is 0 Å². The molecule has 0 bridgehead atoms. The van der Waals surface area contributed by atoms with E-state index in [1.54, 1.807) is 0 Å². The molecule has 3 rings (SSSR count). The van der Waals surface area contributed by atoms with Gasteiger partial charge in [-0.15, -0.1) is 0 Å². The average molecular weight is 248 g/mol. The predicted octanol–water partition coefficient (Wildman–Crippen LogP) is 2.21. The van der Waals surface area contributed by atoms with Crippen LogP contribution in [0.4, 0.5) is 0 Å². The lowest BCUT2D eigenvalue weighted by molar-refractivity contribution is -0.140. The Labute approximate surface area is 108 Å². The molecule has 3 nitrogen and oxygen atoms in total. The minimum Gasteiger partial charge on any atom is -0.458 e. The minimum atomic E-state index is -0.276. The van der Waals surface area contributed by atoms with Crippen LogP contribution in [0.5, 0.6) is 0 Å². The van der Waals surface area contributed by atoms with Gasteiger partial charge in [-0.3, -0.25) is 0 Å². The first-order chi connectivity index (χ1) is 8.43. The molecule has 1 N–H and O–H groups in total. The van der Waals surface area contributed by atoms with E-state index in [4.69, 9.17) is 4.74 Å². The smallest absolute Gasteiger partial charge is 0.334 e. The molecule has 5 atom stereocenters. The molecule has 3 heteroatoms. The SMILES string of the molecule is C=C1C(=O)OC2CC3=CCC(O)C(C)C3(C)CC12. The van der Waals surface area contributed by atoms with Crippen molar-refractivity contribution < 1.29 is 14.6 Å². The Morgan fingerprint density at radius 1 is 1.56 bits per heavy atom. The first-order valence-electron chi connectivity index (χ1n) is 6.71. The normalized spacial score (nSPS) is 47.2. The van der Waals surface area contributed by atoms with Crippen LogP contribution in [-0.4, -0.2) is 23.3 Å². The molecule has 0 aromatic heterocycles. The van der Waals surface area contributed by atoms with Crippen molar-refractivity contribution in [3.05, 3.63) is 23.8 Å². The second kappa shape index (κ2) is 3.70. The van der Waals surface area contributed by atoms with Crippen molar-refractivity contribution in [2.24, 2.45) is 17.3 Å². The fraction of sp³-hybridized carbons (Fsp3) is 0.667. The van der Waals surface area contributed by atoms with Crippen molar-refractivity contribution in [2.45, 2.75) is 45.3 Å². The summed E-state index contributed by atoms with van der Waals surface area (Å²) in [6, 6.07) is 0. The molecular weight excluding hydrogens is 228 g/mol. The first-order valence-corrected chi connectivity index (χ1v) is 6.71. The molecule has 1 aliphatic heterocycles. The maximum absolute atomic E-state index is 11.6. The van der Waals surface area contributed by atoms with E-state index in [2.05, 4.69) is 26.5 Å². The highest BCUT2D eigenvalue weighted by atomic mass is 16.6. The van der Waals surface area contributed by atoms with E-state index >= 15 is 0 Å². The monoisotopic (exact) mass is 248 g/mol. The molecule has 1 heterocycles. The van der Waals surface area contributed by atoms with E-state index in [0.717, 1.165) is 19.3 Å². The molecular formula is C15H20O3. The van der Waals surface area contributed by atoms with Gasteiger partial charge in [0.15, 0.2) is 0 Å². The van der Waals surface area contributed by atoms with E-state index in [0.29, 0.717) is 5.57 Å². The third-order valence-electron chi connectivity index (χ3n) is 5.40. The average Bonchev–Trinajstić information content (AvgIpc) is 2.60. The number of fused-ring (bicyclic) bond motifs is 2. The van der Waals surface area contributed by atoms with Gasteiger partial charge in [-0.05, 0) is 24.2 Å². The van der Waals surface area contributed by atoms with Gasteiger partial charge in [0.25, 0.3) is 0 Å². The van der Waals surface area contributed by atoms with Gasteiger partial charge in [0.1, 0.15) is 6.10 Å². The molecule has 1 saturated carbocycles. The van der Waals surface area contributed by atoms with Crippen molar-refractivity contribution in [2.75, 3.05) is 0 Å². The molecule has 0 aromatic rings. The number of carbonyl (C=O) groups excluding carboxylic acids is 1. The van der Waals surface area contributed by atoms with Gasteiger partial charge in [-0.1, -0.05) is 32.1 Å². The second-order valence-corrected chi connectivity index (χ2v) is 6.22. The number of esters is 1. The highest BCUT2D eigenvalue weighted by molar-refractivity contribution is 5.91. The summed E-state index contributed by atoms with van der Waals surface area (Å²) >= 11 is 0. The highest BCUT2D eigenvalue weighted by Gasteiger charge is 2.52. The van der Waals surface area contributed by atoms with Crippen LogP contribution < -0.4 is 0 Å². The fourth-order valence-electron chi connectivity index (χ4n) is 3.83. The minimum absolute atomic E-state index is 0.0181. The molecule has 98 valence electrons. The molecule has 0 radical (unpaired) electrons. The van der Waals surface area contributed by atoms with Crippen LogP contribution in [0.1, 0.15) is 33.1 Å². The summed E-state index contributed by atoms with van der Waals surface area (Å²) in [7, 11) is 0. The molecule has 0 amide bonds. The summed E-state index contributed by atoms with van der Waals surface area (Å²) in [6.07, 6.45) is 4.25. The summed E-state index contributed by atoms with van der Waals surface area (Å²) in [6.45, 7) is 8.19. The molecule has 0 spiro atoms. The Morgan fingerprint density at radius 2 is 2.28 bits per heavy atom. The van der Waals surface area contributed by atoms with Gasteiger partial charge < -0.3 is 9.84 Å². The lowest BCUT2D eigenvalue weighted by Crippen LogP contribution is -2.45. The van der Waals surface area contributed by atoms with E-state index in [-0.39, 0.29) is 35.4 Å². The van der Waals surface area contributed by atoms with Crippen LogP contribution in [-0.2, 0) is 9.53 Å². The molecule has 1 saturated heterocycles. The zero-order valence-electron chi connectivity index (χ0n) is 11.0. The molecule has 0 aromatic carbocycles. The number of aliphatic hydroxyl groups excluding tert-OH is 1. The Morgan fingerprint density at radius 3 is 3.00 bits per heavy atom. The van der Waals surface area contributed by atoms with Crippen LogP contribution in [0.3, 0.4) is 0 Å². The summed E-state index contributed by atoms with van der Waals surface area (Å²) in [5, 5.41) is 10.1. The van der Waals surface area contributed by atoms with Crippen LogP contribution >= 0.6 is 0 Å². The molecule has 2 fully saturated rings. The summed E-state index contributed by atoms with van der Waals surface area (Å²) in [5.41, 5.74) is 1.95. The van der Waals surface area contributed by atoms with Crippen LogP contribution in [0, 0.1) is 17.3 Å². The lowest BCUT2D eigenvalue weighted by atomic mass is 9.56. The maximum atomic E-state index is 11.6. The van der Waals surface area contributed by atoms with Gasteiger partial charge in [-0.2, -0.15) is 0 Å². The van der Waals surface area contributed by atoms with Crippen molar-refractivity contribution in [1.29, 1.82) is 0 Å². The van der Waals surface area contributed by atoms with Gasteiger partial charge in [0, 0.05) is 17.9 Å². The summed E-state index contributed by atoms with van der Waals surface area (Å²) in [5.74, 6) is 0.121. The predicted molar refractivity (Wildman–Crippen MR) is 67.7 cm³/mol. The standard InChI is InChI=1S/C15H20O3/c1-8-11-7-15(3)9(2)12(16)5-4-10(15)6-13(11)18-14(8)17/h4,9,11-13,16H,1,5-7H2,2-3H3. The number of hydrogen-bond donors (Lipinski definition) is 1. The zero-order valence-corrected chi connectivity index (χ0v) is 11.0. The Bertz CT molecular complexity index is 451. The van der Waals surface area contributed by atoms with Gasteiger partial charge >= 0.3 is 5.97 Å². The van der Waals surface area contributed by atoms with Crippen molar-refractivity contribution >= 4 is 5.97 Å². The van der Waals surface area contributed by atoms with Gasteiger partial charge in [-0.25, -0.2) is 4.79 Å². The van der Waals surface area contributed by atoms with E-state index in [1.165, 1.54) is 5.57 Å². The quantitative estimate of drug-likeness (QED) is 0.406. The molecule has 3 aliphatic rings. The summed E-state index contributed by atoms with van der Waals surface area (Å²) in [4.78, 5) is 11.6. The number of hydrogen-bond acceptors (Lipinski definition) is 3. The van der Waals surface area contributed by atoms with Crippen LogP contribution in [0.25, 0.3) is 0 Å². The van der Waals surface area contributed by atoms with E-state index in [1.807, 2.05) is 0 Å². The number of rotatable bonds is 0. The van der Waals surface area contributed by atoms with Crippen molar-refractivity contribution in [1.82, 2.24) is 0 Å². The molecule has 18 heavy (non-hydrogen) atoms. The van der Waals surface area contributed by atoms with Crippen molar-refractivity contribution in [3.8, 4) is 0 Å². The zero-order chi connectivity index (χ0) is 13.1. The largest absolute Gasteiger partial charge is 0.458 e. The maximum Gasteiger partial charge on any atom is 0.334 e. The van der Waals surface area contributed by atoms with Crippen molar-refractivity contribution in [3.63, 3.8) is 0 Å². The van der Waals surface area contributed by atoms with Gasteiger partial charge in [0.05, 0.1) is 6.10 Å². The number of carbonyl (C=O) groups is 1. The number of ether oxygens (including phenoxy) is 1. The highest BCUT2D eigenvalue weighted by Crippen LogP contribution is 2.55. The second-order valence-electron chi connectivity index (χ2n) is 6.22. The first kappa shape index (κ1) is 12.0. The summed E-state index contributed by atoms with van der Waals surface area (Å²) < 4.78 is 5.39. The van der Waals surface area contributed by atoms with Crippen LogP contribution in [0.2, 0.25) is 0 Å². The molecule has 2 aliphatic carbocycles. The lowest BCUT2D eigenvalue weighted by Gasteiger charge is -2.49. The Balaban J connectivity index is 1.97. The van der Waals surface area contributed by atoms with E-state index < -0.39 is 0 Å². The Kier molecular flexibility index (Phi) is 2.46. The third-order valence-corrected chi connectivity index (χ3v) is 5.40. The number of aliphatic hydroxyl groups is 1. The third kappa shape index (κ3) is 1.43. The van der Waals surface area contributed by atoms with E-state index in [9.17, 15) is 9.90 Å². The fourth-order valence-corrected chi connectivity index (χ4v) is 3.83. The Hall–Kier alpha value is -1.09. The molecule has 5 unspecified atom stereocenters.